The van der Waals surface area contributed by atoms with Gasteiger partial charge in [-0.3, -0.25) is 0 Å². The quantitative estimate of drug-likeness (QED) is 0.713. The van der Waals surface area contributed by atoms with Crippen LogP contribution in [0, 0.1) is 0 Å². The van der Waals surface area contributed by atoms with E-state index in [1.807, 2.05) is 24.3 Å². The second-order valence-electron chi connectivity index (χ2n) is 4.16. The zero-order valence-electron chi connectivity index (χ0n) is 10.4. The normalized spacial score (nSPS) is 10.5. The summed E-state index contributed by atoms with van der Waals surface area (Å²) in [4.78, 5) is 8.31. The lowest BCUT2D eigenvalue weighted by atomic mass is 10.0. The fourth-order valence-electron chi connectivity index (χ4n) is 1.93. The minimum atomic E-state index is 0.218. The zero-order chi connectivity index (χ0) is 13.1. The molecule has 6 N–H and O–H groups in total. The summed E-state index contributed by atoms with van der Waals surface area (Å²) in [7, 11) is 0. The zero-order valence-corrected chi connectivity index (χ0v) is 10.4. The molecule has 0 aliphatic rings. The molecule has 0 amide bonds. The Bertz CT molecular complexity index is 548. The largest absolute Gasteiger partial charge is 0.399 e. The molecule has 0 aliphatic heterocycles. The van der Waals surface area contributed by atoms with Crippen molar-refractivity contribution in [2.45, 2.75) is 19.8 Å². The van der Waals surface area contributed by atoms with Crippen molar-refractivity contribution < 1.29 is 0 Å². The maximum Gasteiger partial charge on any atom is 0.222 e. The number of aryl methyl sites for hydroxylation is 1. The highest BCUT2D eigenvalue weighted by atomic mass is 15.0. The average Bonchev–Trinajstić information content (AvgIpc) is 2.31. The molecule has 0 saturated carbocycles. The second-order valence-corrected chi connectivity index (χ2v) is 4.16. The van der Waals surface area contributed by atoms with Crippen LogP contribution in [0.1, 0.15) is 19.0 Å². The average molecular weight is 243 g/mol. The number of nitrogen functional groups attached to an aromatic ring is 3. The van der Waals surface area contributed by atoms with Gasteiger partial charge in [0.05, 0.1) is 5.69 Å². The van der Waals surface area contributed by atoms with Crippen molar-refractivity contribution in [2.24, 2.45) is 0 Å². The fourth-order valence-corrected chi connectivity index (χ4v) is 1.93. The Hall–Kier alpha value is -2.30. The van der Waals surface area contributed by atoms with E-state index < -0.39 is 0 Å². The molecule has 0 bridgehead atoms. The van der Waals surface area contributed by atoms with Gasteiger partial charge in [-0.1, -0.05) is 25.5 Å². The summed E-state index contributed by atoms with van der Waals surface area (Å²) in [6.45, 7) is 2.08. The highest BCUT2D eigenvalue weighted by Crippen LogP contribution is 2.29. The first kappa shape index (κ1) is 12.2. The molecule has 0 radical (unpaired) electrons. The Morgan fingerprint density at radius 1 is 1.00 bits per heavy atom. The molecule has 1 heterocycles. The second kappa shape index (κ2) is 4.91. The summed E-state index contributed by atoms with van der Waals surface area (Å²) >= 11 is 0. The smallest absolute Gasteiger partial charge is 0.222 e. The number of aromatic nitrogens is 2. The molecule has 0 unspecified atom stereocenters. The number of benzene rings is 1. The number of nitrogens with two attached hydrogens (primary N) is 3. The molecule has 0 aliphatic carbocycles. The molecule has 0 atom stereocenters. The molecule has 2 rings (SSSR count). The van der Waals surface area contributed by atoms with E-state index in [1.54, 1.807) is 0 Å². The van der Waals surface area contributed by atoms with Crippen LogP contribution in [0.25, 0.3) is 11.1 Å². The summed E-state index contributed by atoms with van der Waals surface area (Å²) in [6, 6.07) is 7.50. The van der Waals surface area contributed by atoms with Crippen molar-refractivity contribution in [3.63, 3.8) is 0 Å². The van der Waals surface area contributed by atoms with Gasteiger partial charge < -0.3 is 17.2 Å². The van der Waals surface area contributed by atoms with Crippen molar-refractivity contribution in [3.05, 3.63) is 30.0 Å². The van der Waals surface area contributed by atoms with Crippen LogP contribution in [-0.2, 0) is 6.42 Å². The molecular formula is C13H17N5. The van der Waals surface area contributed by atoms with Gasteiger partial charge in [-0.15, -0.1) is 0 Å². The minimum Gasteiger partial charge on any atom is -0.399 e. The van der Waals surface area contributed by atoms with Gasteiger partial charge in [0.2, 0.25) is 5.95 Å². The van der Waals surface area contributed by atoms with E-state index in [4.69, 9.17) is 17.2 Å². The molecule has 2 aromatic rings. The van der Waals surface area contributed by atoms with Crippen LogP contribution in [0.3, 0.4) is 0 Å². The van der Waals surface area contributed by atoms with Crippen LogP contribution in [0.15, 0.2) is 24.3 Å². The lowest BCUT2D eigenvalue weighted by Crippen LogP contribution is -2.06. The molecule has 18 heavy (non-hydrogen) atoms. The molecule has 5 heteroatoms. The fraction of sp³-hybridized carbons (Fsp3) is 0.231. The van der Waals surface area contributed by atoms with Gasteiger partial charge in [0.15, 0.2) is 0 Å². The molecule has 94 valence electrons. The van der Waals surface area contributed by atoms with Crippen LogP contribution in [-0.4, -0.2) is 9.97 Å². The standard InChI is InChI=1S/C13H17N5/c1-2-3-10-11(12(15)18-13(16)17-10)8-4-6-9(14)7-5-8/h4-7H,2-3,14H2,1H3,(H4,15,16,17,18). The first-order valence-corrected chi connectivity index (χ1v) is 5.89. The lowest BCUT2D eigenvalue weighted by Gasteiger charge is -2.11. The first-order chi connectivity index (χ1) is 8.61. The van der Waals surface area contributed by atoms with Gasteiger partial charge >= 0.3 is 0 Å². The van der Waals surface area contributed by atoms with Crippen molar-refractivity contribution in [3.8, 4) is 11.1 Å². The monoisotopic (exact) mass is 243 g/mol. The molecule has 0 spiro atoms. The highest BCUT2D eigenvalue weighted by Gasteiger charge is 2.12. The summed E-state index contributed by atoms with van der Waals surface area (Å²) in [5.74, 6) is 0.630. The van der Waals surface area contributed by atoms with Crippen LogP contribution < -0.4 is 17.2 Å². The molecule has 1 aromatic heterocycles. The van der Waals surface area contributed by atoms with Crippen molar-refractivity contribution in [2.75, 3.05) is 17.2 Å². The maximum absolute atomic E-state index is 5.96. The Kier molecular flexibility index (Phi) is 3.32. The summed E-state index contributed by atoms with van der Waals surface area (Å²) in [5, 5.41) is 0. The summed E-state index contributed by atoms with van der Waals surface area (Å²) in [5.41, 5.74) is 20.7. The van der Waals surface area contributed by atoms with Gasteiger partial charge in [0, 0.05) is 11.3 Å². The third-order valence-electron chi connectivity index (χ3n) is 2.72. The van der Waals surface area contributed by atoms with Gasteiger partial charge in [0.1, 0.15) is 5.82 Å². The van der Waals surface area contributed by atoms with E-state index >= 15 is 0 Å². The number of rotatable bonds is 3. The SMILES string of the molecule is CCCc1nc(N)nc(N)c1-c1ccc(N)cc1. The molecule has 5 nitrogen and oxygen atoms in total. The van der Waals surface area contributed by atoms with E-state index in [0.29, 0.717) is 11.5 Å². The maximum atomic E-state index is 5.96. The van der Waals surface area contributed by atoms with Crippen molar-refractivity contribution in [1.29, 1.82) is 0 Å². The van der Waals surface area contributed by atoms with Gasteiger partial charge in [-0.05, 0) is 24.1 Å². The third-order valence-corrected chi connectivity index (χ3v) is 2.72. The lowest BCUT2D eigenvalue weighted by molar-refractivity contribution is 0.880. The van der Waals surface area contributed by atoms with E-state index in [0.717, 1.165) is 29.7 Å². The number of anilines is 3. The van der Waals surface area contributed by atoms with E-state index in [2.05, 4.69) is 16.9 Å². The van der Waals surface area contributed by atoms with Gasteiger partial charge in [-0.2, -0.15) is 4.98 Å². The highest BCUT2D eigenvalue weighted by molar-refractivity contribution is 5.77. The summed E-state index contributed by atoms with van der Waals surface area (Å²) < 4.78 is 0. The van der Waals surface area contributed by atoms with Gasteiger partial charge in [-0.25, -0.2) is 4.98 Å². The van der Waals surface area contributed by atoms with Crippen LogP contribution in [0.4, 0.5) is 17.5 Å². The topological polar surface area (TPSA) is 104 Å². The Labute approximate surface area is 106 Å². The number of hydrogen-bond donors (Lipinski definition) is 3. The van der Waals surface area contributed by atoms with Crippen LogP contribution in [0.2, 0.25) is 0 Å². The van der Waals surface area contributed by atoms with E-state index in [9.17, 15) is 0 Å². The van der Waals surface area contributed by atoms with Crippen molar-refractivity contribution in [1.82, 2.24) is 9.97 Å². The molecule has 0 saturated heterocycles. The number of nitrogens with zero attached hydrogens (tertiary/aromatic N) is 2. The molecule has 0 fully saturated rings. The first-order valence-electron chi connectivity index (χ1n) is 5.89. The van der Waals surface area contributed by atoms with Crippen molar-refractivity contribution >= 4 is 17.5 Å². The predicted octanol–water partition coefficient (Wildman–Crippen LogP) is 1.84. The number of hydrogen-bond acceptors (Lipinski definition) is 5. The summed E-state index contributed by atoms with van der Waals surface area (Å²) in [6.07, 6.45) is 1.79. The Morgan fingerprint density at radius 2 is 1.67 bits per heavy atom. The predicted molar refractivity (Wildman–Crippen MR) is 74.7 cm³/mol. The molecular weight excluding hydrogens is 226 g/mol. The van der Waals surface area contributed by atoms with E-state index in [-0.39, 0.29) is 5.95 Å². The van der Waals surface area contributed by atoms with Crippen LogP contribution >= 0.6 is 0 Å². The third kappa shape index (κ3) is 2.34. The minimum absolute atomic E-state index is 0.218. The Balaban J connectivity index is 2.57. The van der Waals surface area contributed by atoms with E-state index in [1.165, 1.54) is 0 Å². The van der Waals surface area contributed by atoms with Crippen LogP contribution in [0.5, 0.6) is 0 Å². The molecule has 1 aromatic carbocycles. The van der Waals surface area contributed by atoms with Gasteiger partial charge in [0.25, 0.3) is 0 Å². The Morgan fingerprint density at radius 3 is 2.28 bits per heavy atom.